The van der Waals surface area contributed by atoms with E-state index in [0.29, 0.717) is 19.0 Å². The van der Waals surface area contributed by atoms with Gasteiger partial charge in [-0.2, -0.15) is 0 Å². The zero-order valence-electron chi connectivity index (χ0n) is 8.58. The zero-order valence-corrected chi connectivity index (χ0v) is 9.33. The Balaban J connectivity index is 2.46. The van der Waals surface area contributed by atoms with Crippen molar-refractivity contribution in [3.05, 3.63) is 0 Å². The number of hydrogen-bond acceptors (Lipinski definition) is 2. The Morgan fingerprint density at radius 2 is 2.29 bits per heavy atom. The van der Waals surface area contributed by atoms with Crippen molar-refractivity contribution in [2.45, 2.75) is 44.0 Å². The minimum absolute atomic E-state index is 0.00446. The SMILES string of the molecule is CC(Cl)C(=O)N(CCCO)C1CCC1. The highest BCUT2D eigenvalue weighted by Gasteiger charge is 2.29. The van der Waals surface area contributed by atoms with Crippen LogP contribution in [0.4, 0.5) is 0 Å². The predicted octanol–water partition coefficient (Wildman–Crippen LogP) is 1.38. The van der Waals surface area contributed by atoms with Gasteiger partial charge in [-0.25, -0.2) is 0 Å². The molecule has 1 atom stereocenters. The normalized spacial score (nSPS) is 18.8. The first-order chi connectivity index (χ1) is 6.66. The van der Waals surface area contributed by atoms with E-state index in [-0.39, 0.29) is 12.5 Å². The molecular formula is C10H18ClNO2. The van der Waals surface area contributed by atoms with Crippen molar-refractivity contribution in [3.8, 4) is 0 Å². The van der Waals surface area contributed by atoms with Crippen LogP contribution in [0.5, 0.6) is 0 Å². The van der Waals surface area contributed by atoms with E-state index in [0.717, 1.165) is 12.8 Å². The monoisotopic (exact) mass is 219 g/mol. The number of aliphatic hydroxyl groups is 1. The first kappa shape index (κ1) is 11.8. The van der Waals surface area contributed by atoms with Gasteiger partial charge in [-0.1, -0.05) is 0 Å². The second kappa shape index (κ2) is 5.56. The number of amides is 1. The van der Waals surface area contributed by atoms with Gasteiger partial charge >= 0.3 is 0 Å². The fourth-order valence-corrected chi connectivity index (χ4v) is 1.77. The molecule has 1 fully saturated rings. The van der Waals surface area contributed by atoms with Crippen LogP contribution in [-0.4, -0.2) is 40.5 Å². The zero-order chi connectivity index (χ0) is 10.6. The van der Waals surface area contributed by atoms with Gasteiger partial charge in [-0.3, -0.25) is 4.79 Å². The van der Waals surface area contributed by atoms with Crippen LogP contribution < -0.4 is 0 Å². The van der Waals surface area contributed by atoms with Gasteiger partial charge in [0.15, 0.2) is 0 Å². The third-order valence-corrected chi connectivity index (χ3v) is 2.88. The molecule has 1 N–H and O–H groups in total. The second-order valence-corrected chi connectivity index (χ2v) is 4.46. The molecule has 1 amide bonds. The molecule has 1 rings (SSSR count). The van der Waals surface area contributed by atoms with Crippen LogP contribution >= 0.6 is 11.6 Å². The smallest absolute Gasteiger partial charge is 0.240 e. The van der Waals surface area contributed by atoms with E-state index in [4.69, 9.17) is 16.7 Å². The lowest BCUT2D eigenvalue weighted by atomic mass is 9.91. The van der Waals surface area contributed by atoms with Crippen molar-refractivity contribution in [1.82, 2.24) is 4.90 Å². The Bertz CT molecular complexity index is 193. The third-order valence-electron chi connectivity index (χ3n) is 2.70. The molecule has 3 nitrogen and oxygen atoms in total. The van der Waals surface area contributed by atoms with Gasteiger partial charge in [0.2, 0.25) is 5.91 Å². The minimum Gasteiger partial charge on any atom is -0.396 e. The fraction of sp³-hybridized carbons (Fsp3) is 0.900. The quantitative estimate of drug-likeness (QED) is 0.710. The summed E-state index contributed by atoms with van der Waals surface area (Å²) < 4.78 is 0. The number of rotatable bonds is 5. The summed E-state index contributed by atoms with van der Waals surface area (Å²) in [6.07, 6.45) is 4.01. The van der Waals surface area contributed by atoms with Gasteiger partial charge in [0, 0.05) is 19.2 Å². The molecule has 0 aliphatic heterocycles. The molecule has 82 valence electrons. The molecule has 0 aromatic carbocycles. The fourth-order valence-electron chi connectivity index (χ4n) is 1.64. The largest absolute Gasteiger partial charge is 0.396 e. The summed E-state index contributed by atoms with van der Waals surface area (Å²) in [6, 6.07) is 0.371. The first-order valence-corrected chi connectivity index (χ1v) is 5.66. The summed E-state index contributed by atoms with van der Waals surface area (Å²) in [6.45, 7) is 2.47. The lowest BCUT2D eigenvalue weighted by Crippen LogP contribution is -2.47. The Morgan fingerprint density at radius 3 is 2.64 bits per heavy atom. The van der Waals surface area contributed by atoms with Crippen LogP contribution in [-0.2, 0) is 4.79 Å². The maximum Gasteiger partial charge on any atom is 0.240 e. The predicted molar refractivity (Wildman–Crippen MR) is 56.4 cm³/mol. The maximum atomic E-state index is 11.7. The van der Waals surface area contributed by atoms with Gasteiger partial charge in [-0.15, -0.1) is 11.6 Å². The van der Waals surface area contributed by atoms with E-state index < -0.39 is 5.38 Å². The third kappa shape index (κ3) is 2.85. The van der Waals surface area contributed by atoms with E-state index in [1.165, 1.54) is 6.42 Å². The lowest BCUT2D eigenvalue weighted by molar-refractivity contribution is -0.134. The first-order valence-electron chi connectivity index (χ1n) is 5.22. The van der Waals surface area contributed by atoms with Gasteiger partial charge < -0.3 is 10.0 Å². The summed E-state index contributed by atoms with van der Waals surface area (Å²) in [5.41, 5.74) is 0. The van der Waals surface area contributed by atoms with Crippen LogP contribution in [0.2, 0.25) is 0 Å². The Hall–Kier alpha value is -0.280. The maximum absolute atomic E-state index is 11.7. The van der Waals surface area contributed by atoms with E-state index in [2.05, 4.69) is 0 Å². The molecule has 1 aliphatic rings. The number of carbonyl (C=O) groups is 1. The highest BCUT2D eigenvalue weighted by molar-refractivity contribution is 6.30. The minimum atomic E-state index is -0.450. The number of nitrogens with zero attached hydrogens (tertiary/aromatic N) is 1. The number of aliphatic hydroxyl groups excluding tert-OH is 1. The molecule has 0 bridgehead atoms. The molecule has 0 saturated heterocycles. The average Bonchev–Trinajstić information content (AvgIpc) is 2.07. The standard InChI is InChI=1S/C10H18ClNO2/c1-8(11)10(14)12(6-3-7-13)9-4-2-5-9/h8-9,13H,2-7H2,1H3. The summed E-state index contributed by atoms with van der Waals surface area (Å²) >= 11 is 5.77. The highest BCUT2D eigenvalue weighted by Crippen LogP contribution is 2.26. The number of carbonyl (C=O) groups excluding carboxylic acids is 1. The Morgan fingerprint density at radius 1 is 1.64 bits per heavy atom. The van der Waals surface area contributed by atoms with Gasteiger partial charge in [0.05, 0.1) is 0 Å². The molecule has 1 unspecified atom stereocenters. The van der Waals surface area contributed by atoms with Crippen LogP contribution in [0.15, 0.2) is 0 Å². The number of halogens is 1. The van der Waals surface area contributed by atoms with E-state index in [1.807, 2.05) is 4.90 Å². The van der Waals surface area contributed by atoms with Crippen LogP contribution in [0.3, 0.4) is 0 Å². The molecule has 1 saturated carbocycles. The van der Waals surface area contributed by atoms with Gasteiger partial charge in [0.25, 0.3) is 0 Å². The van der Waals surface area contributed by atoms with Crippen LogP contribution in [0.1, 0.15) is 32.6 Å². The van der Waals surface area contributed by atoms with Crippen molar-refractivity contribution in [3.63, 3.8) is 0 Å². The molecule has 1 aliphatic carbocycles. The van der Waals surface area contributed by atoms with Crippen LogP contribution in [0, 0.1) is 0 Å². The number of alkyl halides is 1. The average molecular weight is 220 g/mol. The van der Waals surface area contributed by atoms with Crippen molar-refractivity contribution < 1.29 is 9.90 Å². The molecule has 0 radical (unpaired) electrons. The highest BCUT2D eigenvalue weighted by atomic mass is 35.5. The second-order valence-electron chi connectivity index (χ2n) is 3.81. The van der Waals surface area contributed by atoms with Gasteiger partial charge in [0.1, 0.15) is 5.38 Å². The summed E-state index contributed by atoms with van der Waals surface area (Å²) in [7, 11) is 0. The lowest BCUT2D eigenvalue weighted by Gasteiger charge is -2.38. The van der Waals surface area contributed by atoms with Crippen LogP contribution in [0.25, 0.3) is 0 Å². The molecule has 0 aromatic rings. The molecular weight excluding hydrogens is 202 g/mol. The molecule has 0 spiro atoms. The van der Waals surface area contributed by atoms with Gasteiger partial charge in [-0.05, 0) is 32.6 Å². The topological polar surface area (TPSA) is 40.5 Å². The number of hydrogen-bond donors (Lipinski definition) is 1. The van der Waals surface area contributed by atoms with Crippen molar-refractivity contribution >= 4 is 17.5 Å². The van der Waals surface area contributed by atoms with E-state index >= 15 is 0 Å². The van der Waals surface area contributed by atoms with Crippen molar-refractivity contribution in [2.75, 3.05) is 13.2 Å². The molecule has 14 heavy (non-hydrogen) atoms. The summed E-state index contributed by atoms with van der Waals surface area (Å²) in [4.78, 5) is 13.5. The molecule has 0 aromatic heterocycles. The summed E-state index contributed by atoms with van der Waals surface area (Å²) in [5.74, 6) is 0.00446. The molecule has 4 heteroatoms. The molecule has 0 heterocycles. The van der Waals surface area contributed by atoms with E-state index in [9.17, 15) is 4.79 Å². The van der Waals surface area contributed by atoms with Crippen molar-refractivity contribution in [2.24, 2.45) is 0 Å². The summed E-state index contributed by atoms with van der Waals surface area (Å²) in [5, 5.41) is 8.29. The van der Waals surface area contributed by atoms with Crippen molar-refractivity contribution in [1.29, 1.82) is 0 Å². The van der Waals surface area contributed by atoms with E-state index in [1.54, 1.807) is 6.92 Å². The Labute approximate surface area is 90.0 Å². The Kier molecular flexibility index (Phi) is 4.69.